The van der Waals surface area contributed by atoms with Gasteiger partial charge in [-0.2, -0.15) is 18.3 Å². The predicted molar refractivity (Wildman–Crippen MR) is 114 cm³/mol. The van der Waals surface area contributed by atoms with Gasteiger partial charge in [-0.3, -0.25) is 9.59 Å². The Balaban J connectivity index is 1.65. The summed E-state index contributed by atoms with van der Waals surface area (Å²) in [5.74, 6) is -1.62. The van der Waals surface area contributed by atoms with Crippen LogP contribution in [0.3, 0.4) is 0 Å². The number of nitrogens with zero attached hydrogens (tertiary/aromatic N) is 2. The molecule has 3 rings (SSSR count). The zero-order chi connectivity index (χ0) is 23.5. The minimum absolute atomic E-state index is 0.0982. The molecule has 0 saturated carbocycles. The summed E-state index contributed by atoms with van der Waals surface area (Å²) < 4.78 is 39.2. The van der Waals surface area contributed by atoms with Crippen LogP contribution in [-0.4, -0.2) is 38.2 Å². The van der Waals surface area contributed by atoms with Gasteiger partial charge < -0.3 is 20.8 Å². The van der Waals surface area contributed by atoms with Crippen LogP contribution in [0.2, 0.25) is 0 Å². The summed E-state index contributed by atoms with van der Waals surface area (Å²) in [4.78, 5) is 24.3. The number of phenols is 2. The van der Waals surface area contributed by atoms with Gasteiger partial charge in [0.15, 0.2) is 5.17 Å². The normalized spacial score (nSPS) is 18.0. The third-order valence-corrected chi connectivity index (χ3v) is 5.39. The molecular formula is C20H17F3N4O4S. The first-order chi connectivity index (χ1) is 15.0. The lowest BCUT2D eigenvalue weighted by atomic mass is 10.1. The van der Waals surface area contributed by atoms with E-state index in [0.717, 1.165) is 30.0 Å². The number of hydrogen-bond donors (Lipinski definition) is 4. The number of thioether (sulfide) groups is 1. The van der Waals surface area contributed by atoms with E-state index in [-0.39, 0.29) is 23.1 Å². The van der Waals surface area contributed by atoms with Gasteiger partial charge in [0.25, 0.3) is 0 Å². The first-order valence-corrected chi connectivity index (χ1v) is 10.0. The van der Waals surface area contributed by atoms with Crippen molar-refractivity contribution in [3.63, 3.8) is 0 Å². The molecule has 1 heterocycles. The van der Waals surface area contributed by atoms with E-state index < -0.39 is 34.5 Å². The number of carbonyl (C=O) groups is 2. The maximum atomic E-state index is 13.1. The van der Waals surface area contributed by atoms with Gasteiger partial charge in [-0.05, 0) is 31.2 Å². The molecule has 32 heavy (non-hydrogen) atoms. The second-order valence-corrected chi connectivity index (χ2v) is 7.87. The molecule has 2 aromatic rings. The van der Waals surface area contributed by atoms with Gasteiger partial charge in [0.2, 0.25) is 11.8 Å². The Bertz CT molecular complexity index is 1120. The number of benzene rings is 2. The van der Waals surface area contributed by atoms with Crippen molar-refractivity contribution in [1.29, 1.82) is 0 Å². The van der Waals surface area contributed by atoms with Crippen molar-refractivity contribution in [2.45, 2.75) is 24.8 Å². The van der Waals surface area contributed by atoms with Crippen LogP contribution in [0.4, 0.5) is 18.9 Å². The van der Waals surface area contributed by atoms with Gasteiger partial charge in [0.1, 0.15) is 16.7 Å². The molecule has 1 fully saturated rings. The number of hydrogen-bond acceptors (Lipinski definition) is 7. The van der Waals surface area contributed by atoms with Crippen LogP contribution in [0, 0.1) is 0 Å². The minimum atomic E-state index is -4.63. The van der Waals surface area contributed by atoms with Crippen molar-refractivity contribution in [2.24, 2.45) is 10.2 Å². The largest absolute Gasteiger partial charge is 0.508 e. The number of anilines is 1. The number of carbonyl (C=O) groups excluding carboxylic acids is 2. The lowest BCUT2D eigenvalue weighted by Gasteiger charge is -2.14. The van der Waals surface area contributed by atoms with Crippen LogP contribution >= 0.6 is 11.8 Å². The van der Waals surface area contributed by atoms with Crippen LogP contribution in [0.5, 0.6) is 11.5 Å². The van der Waals surface area contributed by atoms with Gasteiger partial charge in [0, 0.05) is 18.1 Å². The Labute approximate surface area is 184 Å². The number of alkyl halides is 3. The number of nitrogens with one attached hydrogen (secondary N) is 2. The third kappa shape index (κ3) is 5.58. The van der Waals surface area contributed by atoms with Gasteiger partial charge in [-0.25, -0.2) is 0 Å². The molecule has 8 nitrogen and oxygen atoms in total. The monoisotopic (exact) mass is 466 g/mol. The van der Waals surface area contributed by atoms with Crippen LogP contribution < -0.4 is 10.6 Å². The van der Waals surface area contributed by atoms with Gasteiger partial charge in [-0.1, -0.05) is 23.9 Å². The summed E-state index contributed by atoms with van der Waals surface area (Å²) in [6.45, 7) is 1.56. The van der Waals surface area contributed by atoms with Crippen molar-refractivity contribution in [1.82, 2.24) is 5.32 Å². The molecule has 12 heteroatoms. The Kier molecular flexibility index (Phi) is 6.72. The van der Waals surface area contributed by atoms with Crippen LogP contribution in [0.15, 0.2) is 52.7 Å². The highest BCUT2D eigenvalue weighted by atomic mass is 32.2. The number of rotatable bonds is 5. The number of amidine groups is 1. The fourth-order valence-electron chi connectivity index (χ4n) is 2.80. The van der Waals surface area contributed by atoms with E-state index in [2.05, 4.69) is 20.8 Å². The second kappa shape index (κ2) is 9.30. The summed E-state index contributed by atoms with van der Waals surface area (Å²) in [6, 6.07) is 8.49. The SMILES string of the molecule is C/C(=N\N=C1/NC(=O)C(CC(=O)Nc2ccccc2C(F)(F)F)S1)c1ccc(O)cc1O. The molecule has 1 saturated heterocycles. The number of phenolic OH excluding ortho intramolecular Hbond substituents is 2. The van der Waals surface area contributed by atoms with Crippen molar-refractivity contribution in [3.05, 3.63) is 53.6 Å². The van der Waals surface area contributed by atoms with Crippen molar-refractivity contribution in [3.8, 4) is 11.5 Å². The van der Waals surface area contributed by atoms with Crippen molar-refractivity contribution >= 4 is 40.1 Å². The van der Waals surface area contributed by atoms with E-state index >= 15 is 0 Å². The lowest BCUT2D eigenvalue weighted by molar-refractivity contribution is -0.137. The summed E-state index contributed by atoms with van der Waals surface area (Å²) in [5, 5.41) is 30.8. The number of para-hydroxylation sites is 1. The second-order valence-electron chi connectivity index (χ2n) is 6.68. The zero-order valence-corrected chi connectivity index (χ0v) is 17.3. The highest BCUT2D eigenvalue weighted by Gasteiger charge is 2.35. The molecule has 0 aromatic heterocycles. The molecule has 1 aliphatic heterocycles. The summed E-state index contributed by atoms with van der Waals surface area (Å²) in [5.41, 5.74) is -0.756. The van der Waals surface area contributed by atoms with E-state index in [1.165, 1.54) is 24.3 Å². The van der Waals surface area contributed by atoms with Crippen LogP contribution in [0.1, 0.15) is 24.5 Å². The first kappa shape index (κ1) is 23.1. The Morgan fingerprint density at radius 2 is 1.94 bits per heavy atom. The Morgan fingerprint density at radius 3 is 2.62 bits per heavy atom. The average molecular weight is 466 g/mol. The van der Waals surface area contributed by atoms with E-state index in [0.29, 0.717) is 11.3 Å². The molecule has 0 aliphatic carbocycles. The molecule has 2 aromatic carbocycles. The van der Waals surface area contributed by atoms with E-state index in [4.69, 9.17) is 0 Å². The molecule has 1 unspecified atom stereocenters. The summed E-state index contributed by atoms with van der Waals surface area (Å²) in [7, 11) is 0. The lowest BCUT2D eigenvalue weighted by Crippen LogP contribution is -2.28. The first-order valence-electron chi connectivity index (χ1n) is 9.13. The molecule has 1 atom stereocenters. The highest BCUT2D eigenvalue weighted by Crippen LogP contribution is 2.35. The molecule has 4 N–H and O–H groups in total. The fraction of sp³-hybridized carbons (Fsp3) is 0.200. The number of amides is 2. The van der Waals surface area contributed by atoms with E-state index in [1.54, 1.807) is 6.92 Å². The maximum Gasteiger partial charge on any atom is 0.418 e. The van der Waals surface area contributed by atoms with Crippen molar-refractivity contribution in [2.75, 3.05) is 5.32 Å². The Hall–Kier alpha value is -3.54. The Morgan fingerprint density at radius 1 is 1.22 bits per heavy atom. The van der Waals surface area contributed by atoms with Crippen molar-refractivity contribution < 1.29 is 33.0 Å². The molecule has 2 amide bonds. The van der Waals surface area contributed by atoms with Gasteiger partial charge in [-0.15, -0.1) is 5.10 Å². The van der Waals surface area contributed by atoms with Gasteiger partial charge >= 0.3 is 6.18 Å². The molecule has 0 spiro atoms. The van der Waals surface area contributed by atoms with Gasteiger partial charge in [0.05, 0.1) is 17.0 Å². The molecule has 0 bridgehead atoms. The molecule has 1 aliphatic rings. The smallest absolute Gasteiger partial charge is 0.418 e. The predicted octanol–water partition coefficient (Wildman–Crippen LogP) is 3.46. The standard InChI is InChI=1S/C20H17F3N4O4S/c1-10(12-7-6-11(28)8-15(12)29)26-27-19-25-18(31)16(32-19)9-17(30)24-14-5-3-2-4-13(14)20(21,22)23/h2-8,16,28-29H,9H2,1H3,(H,24,30)(H,25,27,31)/b26-10+. The number of aromatic hydroxyl groups is 2. The van der Waals surface area contributed by atoms with E-state index in [9.17, 15) is 33.0 Å². The zero-order valence-electron chi connectivity index (χ0n) is 16.5. The molecular weight excluding hydrogens is 449 g/mol. The quantitative estimate of drug-likeness (QED) is 0.397. The minimum Gasteiger partial charge on any atom is -0.508 e. The van der Waals surface area contributed by atoms with E-state index in [1.807, 2.05) is 0 Å². The van der Waals surface area contributed by atoms with Crippen LogP contribution in [0.25, 0.3) is 0 Å². The molecule has 168 valence electrons. The average Bonchev–Trinajstić information content (AvgIpc) is 3.05. The third-order valence-electron chi connectivity index (χ3n) is 4.32. The maximum absolute atomic E-state index is 13.1. The van der Waals surface area contributed by atoms with Crippen LogP contribution in [-0.2, 0) is 15.8 Å². The fourth-order valence-corrected chi connectivity index (χ4v) is 3.71. The topological polar surface area (TPSA) is 123 Å². The molecule has 0 radical (unpaired) electrons. The number of halogens is 3. The summed E-state index contributed by atoms with van der Waals surface area (Å²) in [6.07, 6.45) is -5.01. The summed E-state index contributed by atoms with van der Waals surface area (Å²) >= 11 is 0.908. The highest BCUT2D eigenvalue weighted by molar-refractivity contribution is 8.15.